The van der Waals surface area contributed by atoms with Crippen LogP contribution >= 0.6 is 0 Å². The molecule has 0 fully saturated rings. The number of ether oxygens (including phenoxy) is 3. The maximum atomic E-state index is 11.2. The fourth-order valence-corrected chi connectivity index (χ4v) is 0.948. The molecule has 86 valence electrons. The number of allylic oxidation sites excluding steroid dienone is 1. The number of esters is 1. The molecule has 0 heterocycles. The van der Waals surface area contributed by atoms with Crippen molar-refractivity contribution in [3.05, 3.63) is 24.5 Å². The van der Waals surface area contributed by atoms with E-state index >= 15 is 0 Å². The number of methoxy groups -OCH3 is 1. The van der Waals surface area contributed by atoms with Crippen LogP contribution in [0.3, 0.4) is 0 Å². The van der Waals surface area contributed by atoms with Crippen molar-refractivity contribution in [3.63, 3.8) is 0 Å². The molecule has 0 saturated heterocycles. The van der Waals surface area contributed by atoms with Crippen molar-refractivity contribution in [1.82, 2.24) is 0 Å². The number of carbonyl (C=O) groups is 1. The van der Waals surface area contributed by atoms with E-state index in [0.717, 1.165) is 0 Å². The van der Waals surface area contributed by atoms with E-state index in [9.17, 15) is 4.79 Å². The van der Waals surface area contributed by atoms with Crippen molar-refractivity contribution in [2.24, 2.45) is 0 Å². The van der Waals surface area contributed by atoms with Crippen LogP contribution < -0.4 is 0 Å². The smallest absolute Gasteiger partial charge is 0.333 e. The Bertz CT molecular complexity index is 233. The van der Waals surface area contributed by atoms with E-state index in [4.69, 9.17) is 9.47 Å². The largest absolute Gasteiger partial charge is 0.495 e. The van der Waals surface area contributed by atoms with Gasteiger partial charge in [-0.3, -0.25) is 0 Å². The molecule has 0 aliphatic heterocycles. The number of hydrogen-bond acceptors (Lipinski definition) is 4. The van der Waals surface area contributed by atoms with Gasteiger partial charge in [-0.2, -0.15) is 0 Å². The first kappa shape index (κ1) is 13.7. The molecule has 4 nitrogen and oxygen atoms in total. The SMILES string of the molecule is C=C(OCC)C(/C=C/C)OC(=O)COC. The summed E-state index contributed by atoms with van der Waals surface area (Å²) in [6.45, 7) is 7.78. The third-order valence-corrected chi connectivity index (χ3v) is 1.53. The molecular weight excluding hydrogens is 196 g/mol. The minimum absolute atomic E-state index is 0.0759. The molecule has 0 aliphatic carbocycles. The summed E-state index contributed by atoms with van der Waals surface area (Å²) >= 11 is 0. The van der Waals surface area contributed by atoms with Crippen molar-refractivity contribution in [3.8, 4) is 0 Å². The van der Waals surface area contributed by atoms with Gasteiger partial charge in [0, 0.05) is 7.11 Å². The zero-order valence-corrected chi connectivity index (χ0v) is 9.49. The molecule has 4 heteroatoms. The van der Waals surface area contributed by atoms with Crippen molar-refractivity contribution in [2.45, 2.75) is 20.0 Å². The molecule has 0 bridgehead atoms. The van der Waals surface area contributed by atoms with Gasteiger partial charge in [0.05, 0.1) is 6.61 Å². The molecule has 0 N–H and O–H groups in total. The predicted octanol–water partition coefficient (Wildman–Crippen LogP) is 1.67. The molecule has 0 aliphatic rings. The fourth-order valence-electron chi connectivity index (χ4n) is 0.948. The minimum Gasteiger partial charge on any atom is -0.495 e. The molecule has 0 amide bonds. The van der Waals surface area contributed by atoms with Gasteiger partial charge in [-0.25, -0.2) is 4.79 Å². The molecule has 0 spiro atoms. The Kier molecular flexibility index (Phi) is 7.36. The lowest BCUT2D eigenvalue weighted by Gasteiger charge is -2.16. The molecule has 0 rings (SSSR count). The summed E-state index contributed by atoms with van der Waals surface area (Å²) in [6.07, 6.45) is 2.93. The normalized spacial score (nSPS) is 12.5. The quantitative estimate of drug-likeness (QED) is 0.367. The zero-order chi connectivity index (χ0) is 11.7. The summed E-state index contributed by atoms with van der Waals surface area (Å²) in [5, 5.41) is 0. The van der Waals surface area contributed by atoms with Crippen LogP contribution in [0.2, 0.25) is 0 Å². The van der Waals surface area contributed by atoms with Crippen LogP contribution in [0.5, 0.6) is 0 Å². The average Bonchev–Trinajstić information content (AvgIpc) is 2.18. The van der Waals surface area contributed by atoms with Crippen LogP contribution in [0, 0.1) is 0 Å². The average molecular weight is 214 g/mol. The fraction of sp³-hybridized carbons (Fsp3) is 0.545. The van der Waals surface area contributed by atoms with Gasteiger partial charge < -0.3 is 14.2 Å². The first-order valence-corrected chi connectivity index (χ1v) is 4.78. The van der Waals surface area contributed by atoms with Gasteiger partial charge in [-0.15, -0.1) is 0 Å². The van der Waals surface area contributed by atoms with Crippen molar-refractivity contribution in [2.75, 3.05) is 20.3 Å². The lowest BCUT2D eigenvalue weighted by atomic mass is 10.3. The van der Waals surface area contributed by atoms with Gasteiger partial charge in [0.15, 0.2) is 6.10 Å². The summed E-state index contributed by atoms with van der Waals surface area (Å²) in [4.78, 5) is 11.2. The number of rotatable bonds is 7. The van der Waals surface area contributed by atoms with Crippen LogP contribution in [0.1, 0.15) is 13.8 Å². The molecular formula is C11H18O4. The molecule has 1 atom stereocenters. The Hall–Kier alpha value is -1.29. The lowest BCUT2D eigenvalue weighted by molar-refractivity contribution is -0.151. The summed E-state index contributed by atoms with van der Waals surface area (Å²) in [5.41, 5.74) is 0. The standard InChI is InChI=1S/C11H18O4/c1-5-7-10(9(3)14-6-2)15-11(12)8-13-4/h5,7,10H,3,6,8H2,1-2,4H3/b7-5+. The minimum atomic E-state index is -0.544. The first-order chi connectivity index (χ1) is 7.15. The number of carbonyl (C=O) groups excluding carboxylic acids is 1. The Morgan fingerprint density at radius 2 is 2.20 bits per heavy atom. The summed E-state index contributed by atoms with van der Waals surface area (Å²) in [5.74, 6) is -0.0264. The van der Waals surface area contributed by atoms with Crippen LogP contribution in [-0.4, -0.2) is 32.4 Å². The third-order valence-electron chi connectivity index (χ3n) is 1.53. The lowest BCUT2D eigenvalue weighted by Crippen LogP contribution is -2.22. The Labute approximate surface area is 90.5 Å². The molecule has 0 saturated carbocycles. The second-order valence-corrected chi connectivity index (χ2v) is 2.77. The maximum absolute atomic E-state index is 11.2. The molecule has 0 aromatic heterocycles. The number of hydrogen-bond donors (Lipinski definition) is 0. The monoisotopic (exact) mass is 214 g/mol. The molecule has 0 aromatic carbocycles. The van der Waals surface area contributed by atoms with E-state index in [1.807, 2.05) is 13.8 Å². The Morgan fingerprint density at radius 3 is 2.67 bits per heavy atom. The van der Waals surface area contributed by atoms with Crippen molar-refractivity contribution in [1.29, 1.82) is 0 Å². The van der Waals surface area contributed by atoms with Gasteiger partial charge in [0.2, 0.25) is 0 Å². The summed E-state index contributed by atoms with van der Waals surface area (Å²) < 4.78 is 14.9. The highest BCUT2D eigenvalue weighted by Crippen LogP contribution is 2.08. The molecule has 0 aromatic rings. The first-order valence-electron chi connectivity index (χ1n) is 4.78. The highest BCUT2D eigenvalue weighted by molar-refractivity contribution is 5.71. The van der Waals surface area contributed by atoms with Gasteiger partial charge >= 0.3 is 5.97 Å². The van der Waals surface area contributed by atoms with Gasteiger partial charge in [-0.1, -0.05) is 12.7 Å². The van der Waals surface area contributed by atoms with Gasteiger partial charge in [0.1, 0.15) is 12.4 Å². The highest BCUT2D eigenvalue weighted by atomic mass is 16.6. The van der Waals surface area contributed by atoms with Crippen LogP contribution in [0.25, 0.3) is 0 Å². The molecule has 15 heavy (non-hydrogen) atoms. The molecule has 0 radical (unpaired) electrons. The van der Waals surface area contributed by atoms with Gasteiger partial charge in [-0.05, 0) is 19.9 Å². The second kappa shape index (κ2) is 8.05. The highest BCUT2D eigenvalue weighted by Gasteiger charge is 2.15. The van der Waals surface area contributed by atoms with E-state index in [1.165, 1.54) is 7.11 Å². The summed E-state index contributed by atoms with van der Waals surface area (Å²) in [6, 6.07) is 0. The summed E-state index contributed by atoms with van der Waals surface area (Å²) in [7, 11) is 1.43. The predicted molar refractivity (Wildman–Crippen MR) is 57.3 cm³/mol. The third kappa shape index (κ3) is 5.91. The second-order valence-electron chi connectivity index (χ2n) is 2.77. The van der Waals surface area contributed by atoms with Crippen molar-refractivity contribution >= 4 is 5.97 Å². The Morgan fingerprint density at radius 1 is 1.53 bits per heavy atom. The zero-order valence-electron chi connectivity index (χ0n) is 9.49. The van der Waals surface area contributed by atoms with Crippen LogP contribution in [0.15, 0.2) is 24.5 Å². The van der Waals surface area contributed by atoms with E-state index in [-0.39, 0.29) is 6.61 Å². The maximum Gasteiger partial charge on any atom is 0.333 e. The van der Waals surface area contributed by atoms with E-state index in [0.29, 0.717) is 12.4 Å². The van der Waals surface area contributed by atoms with E-state index < -0.39 is 12.1 Å². The van der Waals surface area contributed by atoms with E-state index in [2.05, 4.69) is 11.3 Å². The van der Waals surface area contributed by atoms with E-state index in [1.54, 1.807) is 12.2 Å². The Balaban J connectivity index is 4.26. The topological polar surface area (TPSA) is 44.8 Å². The van der Waals surface area contributed by atoms with Gasteiger partial charge in [0.25, 0.3) is 0 Å². The van der Waals surface area contributed by atoms with Crippen molar-refractivity contribution < 1.29 is 19.0 Å². The van der Waals surface area contributed by atoms with Crippen LogP contribution in [-0.2, 0) is 19.0 Å². The van der Waals surface area contributed by atoms with Crippen LogP contribution in [0.4, 0.5) is 0 Å². The molecule has 1 unspecified atom stereocenters.